The quantitative estimate of drug-likeness (QED) is 0.555. The third kappa shape index (κ3) is 4.03. The van der Waals surface area contributed by atoms with Crippen LogP contribution in [0.5, 0.6) is 0 Å². The Morgan fingerprint density at radius 1 is 1.07 bits per heavy atom. The molecule has 2 heterocycles. The SMILES string of the molecule is CCc1c(C(=O)N2CCC(C(=O)c3ccccc3)CC2)cnn1-c1cccc(Cl)c1. The van der Waals surface area contributed by atoms with Gasteiger partial charge in [0.05, 0.1) is 23.1 Å². The van der Waals surface area contributed by atoms with Crippen molar-refractivity contribution in [1.29, 1.82) is 0 Å². The lowest BCUT2D eigenvalue weighted by Gasteiger charge is -2.31. The summed E-state index contributed by atoms with van der Waals surface area (Å²) in [5.74, 6) is 0.118. The van der Waals surface area contributed by atoms with Crippen LogP contribution < -0.4 is 0 Å². The van der Waals surface area contributed by atoms with E-state index in [0.717, 1.165) is 16.9 Å². The summed E-state index contributed by atoms with van der Waals surface area (Å²) in [4.78, 5) is 27.7. The molecule has 0 N–H and O–H groups in total. The third-order valence-corrected chi connectivity index (χ3v) is 5.93. The van der Waals surface area contributed by atoms with E-state index in [9.17, 15) is 9.59 Å². The van der Waals surface area contributed by atoms with Gasteiger partial charge in [-0.25, -0.2) is 4.68 Å². The molecule has 5 nitrogen and oxygen atoms in total. The van der Waals surface area contributed by atoms with Gasteiger partial charge in [0, 0.05) is 29.6 Å². The number of hydrogen-bond acceptors (Lipinski definition) is 3. The fourth-order valence-corrected chi connectivity index (χ4v) is 4.26. The number of ketones is 1. The minimum Gasteiger partial charge on any atom is -0.338 e. The van der Waals surface area contributed by atoms with Gasteiger partial charge < -0.3 is 4.90 Å². The zero-order valence-electron chi connectivity index (χ0n) is 16.9. The first-order chi connectivity index (χ1) is 14.6. The van der Waals surface area contributed by atoms with E-state index in [2.05, 4.69) is 5.10 Å². The molecule has 0 radical (unpaired) electrons. The second kappa shape index (κ2) is 8.84. The number of carbonyl (C=O) groups excluding carboxylic acids is 2. The average Bonchev–Trinajstić information content (AvgIpc) is 3.23. The highest BCUT2D eigenvalue weighted by molar-refractivity contribution is 6.30. The van der Waals surface area contributed by atoms with Crippen LogP contribution in [0.25, 0.3) is 5.69 Å². The Kier molecular flexibility index (Phi) is 6.00. The van der Waals surface area contributed by atoms with Gasteiger partial charge >= 0.3 is 0 Å². The molecule has 30 heavy (non-hydrogen) atoms. The molecule has 0 saturated carbocycles. The van der Waals surface area contributed by atoms with Crippen LogP contribution in [0, 0.1) is 5.92 Å². The fraction of sp³-hybridized carbons (Fsp3) is 0.292. The zero-order chi connectivity index (χ0) is 21.1. The molecule has 1 aromatic heterocycles. The summed E-state index contributed by atoms with van der Waals surface area (Å²) in [6.07, 6.45) is 3.69. The maximum absolute atomic E-state index is 13.2. The van der Waals surface area contributed by atoms with Crippen LogP contribution in [0.2, 0.25) is 5.02 Å². The molecule has 2 aromatic carbocycles. The predicted molar refractivity (Wildman–Crippen MR) is 117 cm³/mol. The smallest absolute Gasteiger partial charge is 0.257 e. The van der Waals surface area contributed by atoms with Gasteiger partial charge in [-0.2, -0.15) is 5.10 Å². The maximum Gasteiger partial charge on any atom is 0.257 e. The summed E-state index contributed by atoms with van der Waals surface area (Å²) in [7, 11) is 0. The number of aromatic nitrogens is 2. The molecule has 1 aliphatic rings. The van der Waals surface area contributed by atoms with Crippen molar-refractivity contribution in [3.8, 4) is 5.69 Å². The van der Waals surface area contributed by atoms with Crippen molar-refractivity contribution in [2.24, 2.45) is 5.92 Å². The van der Waals surface area contributed by atoms with Crippen LogP contribution in [0.3, 0.4) is 0 Å². The number of hydrogen-bond donors (Lipinski definition) is 0. The van der Waals surface area contributed by atoms with Crippen molar-refractivity contribution >= 4 is 23.3 Å². The number of Topliss-reactive ketones (excluding diaryl/α,β-unsaturated/α-hetero) is 1. The lowest BCUT2D eigenvalue weighted by atomic mass is 9.88. The van der Waals surface area contributed by atoms with Gasteiger partial charge in [-0.1, -0.05) is 54.9 Å². The van der Waals surface area contributed by atoms with E-state index in [0.29, 0.717) is 42.9 Å². The molecule has 154 valence electrons. The summed E-state index contributed by atoms with van der Waals surface area (Å²) in [6.45, 7) is 3.17. The molecule has 4 rings (SSSR count). The number of halogens is 1. The Bertz CT molecular complexity index is 1050. The minimum absolute atomic E-state index is 0.0225. The second-order valence-electron chi connectivity index (χ2n) is 7.55. The minimum atomic E-state index is -0.0312. The predicted octanol–water partition coefficient (Wildman–Crippen LogP) is 4.82. The normalized spacial score (nSPS) is 14.7. The Morgan fingerprint density at radius 3 is 2.47 bits per heavy atom. The number of amides is 1. The first kappa shape index (κ1) is 20.4. The molecule has 0 spiro atoms. The van der Waals surface area contributed by atoms with Crippen molar-refractivity contribution in [3.05, 3.63) is 82.6 Å². The van der Waals surface area contributed by atoms with Gasteiger partial charge in [-0.15, -0.1) is 0 Å². The highest BCUT2D eigenvalue weighted by Crippen LogP contribution is 2.25. The standard InChI is InChI=1S/C24H24ClN3O2/c1-2-22-21(16-26-28(22)20-10-6-9-19(25)15-20)24(30)27-13-11-18(12-14-27)23(29)17-7-4-3-5-8-17/h3-10,15-16,18H,2,11-14H2,1H3. The highest BCUT2D eigenvalue weighted by Gasteiger charge is 2.30. The zero-order valence-corrected chi connectivity index (χ0v) is 17.7. The van der Waals surface area contributed by atoms with E-state index in [1.54, 1.807) is 10.9 Å². The van der Waals surface area contributed by atoms with Crippen LogP contribution in [-0.2, 0) is 6.42 Å². The first-order valence-corrected chi connectivity index (χ1v) is 10.7. The lowest BCUT2D eigenvalue weighted by Crippen LogP contribution is -2.40. The summed E-state index contributed by atoms with van der Waals surface area (Å²) in [6, 6.07) is 16.8. The molecule has 1 amide bonds. The molecule has 6 heteroatoms. The molecular formula is C24H24ClN3O2. The lowest BCUT2D eigenvalue weighted by molar-refractivity contribution is 0.0649. The van der Waals surface area contributed by atoms with Crippen molar-refractivity contribution in [3.63, 3.8) is 0 Å². The van der Waals surface area contributed by atoms with Gasteiger partial charge in [0.1, 0.15) is 0 Å². The van der Waals surface area contributed by atoms with E-state index < -0.39 is 0 Å². The summed E-state index contributed by atoms with van der Waals surface area (Å²) in [5.41, 5.74) is 3.07. The van der Waals surface area contributed by atoms with Crippen LogP contribution in [0.15, 0.2) is 60.8 Å². The Hall–Kier alpha value is -2.92. The van der Waals surface area contributed by atoms with Crippen molar-refractivity contribution in [2.75, 3.05) is 13.1 Å². The van der Waals surface area contributed by atoms with Gasteiger partial charge in [0.15, 0.2) is 5.78 Å². The second-order valence-corrected chi connectivity index (χ2v) is 7.98. The molecule has 0 unspecified atom stereocenters. The van der Waals surface area contributed by atoms with Crippen molar-refractivity contribution in [1.82, 2.24) is 14.7 Å². The van der Waals surface area contributed by atoms with Gasteiger partial charge in [0.2, 0.25) is 0 Å². The van der Waals surface area contributed by atoms with E-state index in [1.807, 2.05) is 66.4 Å². The Balaban J connectivity index is 1.48. The van der Waals surface area contributed by atoms with Crippen LogP contribution in [0.1, 0.15) is 46.2 Å². The Morgan fingerprint density at radius 2 is 1.80 bits per heavy atom. The van der Waals surface area contributed by atoms with Crippen LogP contribution >= 0.6 is 11.6 Å². The maximum atomic E-state index is 13.2. The third-order valence-electron chi connectivity index (χ3n) is 5.70. The van der Waals surface area contributed by atoms with Crippen molar-refractivity contribution in [2.45, 2.75) is 26.2 Å². The number of benzene rings is 2. The van der Waals surface area contributed by atoms with Gasteiger partial charge in [-0.3, -0.25) is 9.59 Å². The average molecular weight is 422 g/mol. The van der Waals surface area contributed by atoms with Gasteiger partial charge in [0.25, 0.3) is 5.91 Å². The summed E-state index contributed by atoms with van der Waals surface area (Å²) >= 11 is 6.12. The first-order valence-electron chi connectivity index (χ1n) is 10.3. The molecular weight excluding hydrogens is 398 g/mol. The summed E-state index contributed by atoms with van der Waals surface area (Å²) < 4.78 is 1.78. The van der Waals surface area contributed by atoms with Crippen molar-refractivity contribution < 1.29 is 9.59 Å². The molecule has 1 fully saturated rings. The Labute approximate surface area is 181 Å². The van der Waals surface area contributed by atoms with E-state index >= 15 is 0 Å². The molecule has 0 aliphatic carbocycles. The van der Waals surface area contributed by atoms with Crippen LogP contribution in [0.4, 0.5) is 0 Å². The van der Waals surface area contributed by atoms with Gasteiger partial charge in [-0.05, 0) is 37.5 Å². The topological polar surface area (TPSA) is 55.2 Å². The number of piperidine rings is 1. The molecule has 1 saturated heterocycles. The number of nitrogens with zero attached hydrogens (tertiary/aromatic N) is 3. The number of rotatable bonds is 5. The van der Waals surface area contributed by atoms with Crippen LogP contribution in [-0.4, -0.2) is 39.5 Å². The van der Waals surface area contributed by atoms with E-state index in [-0.39, 0.29) is 17.6 Å². The molecule has 0 atom stereocenters. The highest BCUT2D eigenvalue weighted by atomic mass is 35.5. The number of carbonyl (C=O) groups is 2. The molecule has 3 aromatic rings. The monoisotopic (exact) mass is 421 g/mol. The number of likely N-dealkylation sites (tertiary alicyclic amines) is 1. The largest absolute Gasteiger partial charge is 0.338 e. The van der Waals surface area contributed by atoms with E-state index in [4.69, 9.17) is 11.6 Å². The van der Waals surface area contributed by atoms with E-state index in [1.165, 1.54) is 0 Å². The fourth-order valence-electron chi connectivity index (χ4n) is 4.08. The molecule has 0 bridgehead atoms. The summed E-state index contributed by atoms with van der Waals surface area (Å²) in [5, 5.41) is 5.08. The molecule has 1 aliphatic heterocycles.